The van der Waals surface area contributed by atoms with Crippen molar-refractivity contribution < 1.29 is 33.8 Å². The van der Waals surface area contributed by atoms with Gasteiger partial charge in [0.1, 0.15) is 18.2 Å². The van der Waals surface area contributed by atoms with E-state index in [-0.39, 0.29) is 43.3 Å². The van der Waals surface area contributed by atoms with Crippen molar-refractivity contribution >= 4 is 23.7 Å². The summed E-state index contributed by atoms with van der Waals surface area (Å²) in [6.07, 6.45) is 8.84. The number of esters is 1. The van der Waals surface area contributed by atoms with Crippen LogP contribution in [-0.2, 0) is 28.7 Å². The van der Waals surface area contributed by atoms with E-state index in [2.05, 4.69) is 5.32 Å². The molecule has 2 N–H and O–H groups in total. The summed E-state index contributed by atoms with van der Waals surface area (Å²) >= 11 is 0. The minimum atomic E-state index is -1.33. The first-order chi connectivity index (χ1) is 20.7. The Labute approximate surface area is 253 Å². The van der Waals surface area contributed by atoms with Gasteiger partial charge in [-0.1, -0.05) is 81.8 Å². The number of hydrogen-bond acceptors (Lipinski definition) is 7. The van der Waals surface area contributed by atoms with Crippen LogP contribution in [0.15, 0.2) is 54.6 Å². The molecule has 0 aliphatic carbocycles. The number of allylic oxidation sites excluding steroid dienone is 1. The molecule has 0 aromatic heterocycles. The molecule has 4 aliphatic heterocycles. The average Bonchev–Trinajstić information content (AvgIpc) is 3.64. The Bertz CT molecular complexity index is 1260. The van der Waals surface area contributed by atoms with Crippen molar-refractivity contribution in [3.8, 4) is 0 Å². The Morgan fingerprint density at radius 3 is 2.56 bits per heavy atom. The molecule has 1 aromatic carbocycles. The molecule has 4 heterocycles. The summed E-state index contributed by atoms with van der Waals surface area (Å²) in [6.45, 7) is 6.24. The van der Waals surface area contributed by atoms with Crippen LogP contribution in [-0.4, -0.2) is 88.7 Å². The maximum atomic E-state index is 14.5. The van der Waals surface area contributed by atoms with Crippen molar-refractivity contribution in [1.29, 1.82) is 0 Å². The summed E-state index contributed by atoms with van der Waals surface area (Å²) in [6, 6.07) is 6.94. The fourth-order valence-electron chi connectivity index (χ4n) is 6.92. The number of ether oxygens (including phenoxy) is 2. The Hall–Kier alpha value is -3.50. The molecular formula is C33H43N3O7. The average molecular weight is 594 g/mol. The third-order valence-electron chi connectivity index (χ3n) is 9.19. The predicted molar refractivity (Wildman–Crippen MR) is 158 cm³/mol. The number of unbranched alkanes of at least 4 members (excludes halogenated alkanes) is 1. The Morgan fingerprint density at radius 1 is 1.09 bits per heavy atom. The number of nitrogens with zero attached hydrogens (tertiary/aromatic N) is 2. The summed E-state index contributed by atoms with van der Waals surface area (Å²) in [5.41, 5.74) is -0.574. The van der Waals surface area contributed by atoms with Gasteiger partial charge in [0.05, 0.1) is 36.6 Å². The molecule has 0 radical (unpaired) electrons. The van der Waals surface area contributed by atoms with Crippen LogP contribution in [0.25, 0.3) is 0 Å². The number of fused-ring (bicyclic) bond motifs is 2. The number of cyclic esters (lactones) is 1. The topological polar surface area (TPSA) is 125 Å². The van der Waals surface area contributed by atoms with Crippen molar-refractivity contribution in [2.75, 3.05) is 26.3 Å². The van der Waals surface area contributed by atoms with Gasteiger partial charge in [0.15, 0.2) is 0 Å². The highest BCUT2D eigenvalue weighted by Gasteiger charge is 2.74. The predicted octanol–water partition coefficient (Wildman–Crippen LogP) is 2.53. The molecule has 1 aromatic rings. The summed E-state index contributed by atoms with van der Waals surface area (Å²) < 4.78 is 12.1. The molecule has 0 saturated carbocycles. The second-order valence-corrected chi connectivity index (χ2v) is 12.2. The van der Waals surface area contributed by atoms with Gasteiger partial charge in [0.2, 0.25) is 17.7 Å². The number of amides is 3. The van der Waals surface area contributed by atoms with Gasteiger partial charge in [-0.25, -0.2) is 0 Å². The highest BCUT2D eigenvalue weighted by molar-refractivity contribution is 6.00. The Balaban J connectivity index is 1.58. The van der Waals surface area contributed by atoms with Crippen LogP contribution in [0.5, 0.6) is 0 Å². The Morgan fingerprint density at radius 2 is 1.86 bits per heavy atom. The standard InChI is InChI=1S/C33H43N3O7/c1-4-5-17-35-18-11-7-10-14-26(38)42-20-23(22-12-8-6-9-13-22)34-30(39)27-25-15-16-33(43-25)28(27)31(40)36(29(33)32(35)41)24(19-37)21(2)3/h6-9,11-13,15-16,21,23-25,27-29,37H,4-5,10,14,17-20H2,1-3H3,(H,34,39)/b11-7-/t23-,24+,25-,27+,28+,29-,33+/m1/s1. The third kappa shape index (κ3) is 5.74. The number of carbonyl (C=O) groups excluding carboxylic acids is 4. The van der Waals surface area contributed by atoms with E-state index in [1.165, 1.54) is 4.90 Å². The quantitative estimate of drug-likeness (QED) is 0.368. The SMILES string of the molecule is CCCCN1C/C=C\CCC(=O)OC[C@H](c2ccccc2)NC(=O)[C@@H]2[C@H]3C(=O)N([C@@H](CO)C(C)C)[C@H](C1=O)[C@]31C=C[C@H]2O1. The first-order valence-electron chi connectivity index (χ1n) is 15.5. The van der Waals surface area contributed by atoms with Crippen LogP contribution in [0.4, 0.5) is 0 Å². The lowest BCUT2D eigenvalue weighted by Crippen LogP contribution is -2.59. The van der Waals surface area contributed by atoms with Gasteiger partial charge in [0.25, 0.3) is 0 Å². The number of carbonyl (C=O) groups is 4. The molecule has 3 amide bonds. The third-order valence-corrected chi connectivity index (χ3v) is 9.19. The number of hydrogen-bond donors (Lipinski definition) is 2. The van der Waals surface area contributed by atoms with Crippen molar-refractivity contribution in [1.82, 2.24) is 15.1 Å². The van der Waals surface area contributed by atoms with E-state index in [0.29, 0.717) is 19.5 Å². The van der Waals surface area contributed by atoms with Gasteiger partial charge in [-0.15, -0.1) is 0 Å². The van der Waals surface area contributed by atoms with Crippen LogP contribution < -0.4 is 5.32 Å². The minimum Gasteiger partial charge on any atom is -0.463 e. The van der Waals surface area contributed by atoms with Gasteiger partial charge in [-0.3, -0.25) is 19.2 Å². The largest absolute Gasteiger partial charge is 0.463 e. The molecule has 10 nitrogen and oxygen atoms in total. The Kier molecular flexibility index (Phi) is 9.36. The van der Waals surface area contributed by atoms with Crippen LogP contribution in [0.3, 0.4) is 0 Å². The monoisotopic (exact) mass is 593 g/mol. The molecular weight excluding hydrogens is 550 g/mol. The van der Waals surface area contributed by atoms with E-state index in [1.54, 1.807) is 17.1 Å². The molecule has 7 atom stereocenters. The summed E-state index contributed by atoms with van der Waals surface area (Å²) in [5, 5.41) is 13.5. The summed E-state index contributed by atoms with van der Waals surface area (Å²) in [4.78, 5) is 58.8. The van der Waals surface area contributed by atoms with E-state index in [9.17, 15) is 24.3 Å². The molecule has 43 heavy (non-hydrogen) atoms. The molecule has 0 unspecified atom stereocenters. The van der Waals surface area contributed by atoms with Gasteiger partial charge in [-0.2, -0.15) is 0 Å². The first-order valence-corrected chi connectivity index (χ1v) is 15.5. The van der Waals surface area contributed by atoms with Crippen LogP contribution in [0.2, 0.25) is 0 Å². The zero-order valence-corrected chi connectivity index (χ0v) is 25.2. The highest BCUT2D eigenvalue weighted by atomic mass is 16.5. The van der Waals surface area contributed by atoms with E-state index in [1.807, 2.05) is 63.3 Å². The number of aliphatic hydroxyl groups is 1. The molecule has 10 heteroatoms. The number of benzene rings is 1. The van der Waals surface area contributed by atoms with Gasteiger partial charge in [-0.05, 0) is 24.3 Å². The summed E-state index contributed by atoms with van der Waals surface area (Å²) in [5.74, 6) is -3.42. The number of likely N-dealkylation sites (tertiary alicyclic amines) is 1. The minimum absolute atomic E-state index is 0.0614. The zero-order chi connectivity index (χ0) is 30.7. The number of aliphatic hydroxyl groups excluding tert-OH is 1. The van der Waals surface area contributed by atoms with Crippen molar-refractivity contribution in [3.05, 3.63) is 60.2 Å². The van der Waals surface area contributed by atoms with E-state index < -0.39 is 47.6 Å². The summed E-state index contributed by atoms with van der Waals surface area (Å²) in [7, 11) is 0. The maximum absolute atomic E-state index is 14.5. The van der Waals surface area contributed by atoms with E-state index in [0.717, 1.165) is 18.4 Å². The molecule has 5 rings (SSSR count). The maximum Gasteiger partial charge on any atom is 0.306 e. The lowest BCUT2D eigenvalue weighted by molar-refractivity contribution is -0.151. The molecule has 1 spiro atoms. The fraction of sp³-hybridized carbons (Fsp3) is 0.576. The molecule has 4 aliphatic rings. The lowest BCUT2D eigenvalue weighted by Gasteiger charge is -2.40. The highest BCUT2D eigenvalue weighted by Crippen LogP contribution is 2.56. The molecule has 232 valence electrons. The molecule has 2 saturated heterocycles. The first kappa shape index (κ1) is 30.9. The van der Waals surface area contributed by atoms with Crippen LogP contribution in [0, 0.1) is 17.8 Å². The van der Waals surface area contributed by atoms with Gasteiger partial charge >= 0.3 is 5.97 Å². The van der Waals surface area contributed by atoms with Crippen molar-refractivity contribution in [2.24, 2.45) is 17.8 Å². The van der Waals surface area contributed by atoms with Crippen LogP contribution >= 0.6 is 0 Å². The molecule has 5 bridgehead atoms. The van der Waals surface area contributed by atoms with Crippen molar-refractivity contribution in [3.63, 3.8) is 0 Å². The normalized spacial score (nSPS) is 32.6. The number of nitrogens with one attached hydrogen (secondary N) is 1. The zero-order valence-electron chi connectivity index (χ0n) is 25.2. The van der Waals surface area contributed by atoms with E-state index >= 15 is 0 Å². The van der Waals surface area contributed by atoms with Gasteiger partial charge in [0, 0.05) is 19.5 Å². The fourth-order valence-corrected chi connectivity index (χ4v) is 6.92. The molecule has 2 fully saturated rings. The smallest absolute Gasteiger partial charge is 0.306 e. The second kappa shape index (κ2) is 13.0. The second-order valence-electron chi connectivity index (χ2n) is 12.2. The lowest BCUT2D eigenvalue weighted by atomic mass is 9.74. The van der Waals surface area contributed by atoms with Crippen LogP contribution in [0.1, 0.15) is 58.1 Å². The van der Waals surface area contributed by atoms with Gasteiger partial charge < -0.3 is 29.7 Å². The van der Waals surface area contributed by atoms with Crippen molar-refractivity contribution in [2.45, 2.75) is 76.3 Å². The number of rotatable bonds is 7. The van der Waals surface area contributed by atoms with E-state index in [4.69, 9.17) is 9.47 Å².